The van der Waals surface area contributed by atoms with E-state index >= 15 is 0 Å². The van der Waals surface area contributed by atoms with Crippen LogP contribution in [0, 0.1) is 0 Å². The highest BCUT2D eigenvalue weighted by molar-refractivity contribution is 5.32. The lowest BCUT2D eigenvalue weighted by atomic mass is 9.77. The first-order chi connectivity index (χ1) is 8.10. The Morgan fingerprint density at radius 1 is 1.06 bits per heavy atom. The summed E-state index contributed by atoms with van der Waals surface area (Å²) in [6, 6.07) is 6.71. The van der Waals surface area contributed by atoms with Crippen LogP contribution in [0.25, 0.3) is 0 Å². The highest BCUT2D eigenvalue weighted by Gasteiger charge is 2.29. The van der Waals surface area contributed by atoms with Gasteiger partial charge in [-0.25, -0.2) is 0 Å². The van der Waals surface area contributed by atoms with Crippen molar-refractivity contribution in [2.45, 2.75) is 44.3 Å². The summed E-state index contributed by atoms with van der Waals surface area (Å²) in [5, 5.41) is 0. The first-order valence-electron chi connectivity index (χ1n) is 5.94. The van der Waals surface area contributed by atoms with E-state index in [0.717, 1.165) is 31.2 Å². The van der Waals surface area contributed by atoms with Crippen LogP contribution in [0.1, 0.15) is 37.7 Å². The summed E-state index contributed by atoms with van der Waals surface area (Å²) in [7, 11) is 0. The summed E-state index contributed by atoms with van der Waals surface area (Å²) in [6.07, 6.45) is 5.41. The Kier molecular flexibility index (Phi) is 3.62. The third-order valence-electron chi connectivity index (χ3n) is 3.40. The molecule has 94 valence electrons. The van der Waals surface area contributed by atoms with E-state index in [4.69, 9.17) is 5.73 Å². The standard InChI is InChI=1S/C13H17F2NO/c14-12(15)17-11-6-4-10(5-7-11)13(16)8-2-1-3-9-13/h4-7,12H,1-3,8-9,16H2. The molecule has 0 aliphatic heterocycles. The molecule has 1 aromatic carbocycles. The van der Waals surface area contributed by atoms with Gasteiger partial charge in [0.2, 0.25) is 0 Å². The molecule has 0 amide bonds. The number of ether oxygens (including phenoxy) is 1. The quantitative estimate of drug-likeness (QED) is 0.880. The van der Waals surface area contributed by atoms with Crippen molar-refractivity contribution in [1.82, 2.24) is 0 Å². The van der Waals surface area contributed by atoms with Crippen LogP contribution in [-0.2, 0) is 5.54 Å². The summed E-state index contributed by atoms with van der Waals surface area (Å²) >= 11 is 0. The minimum Gasteiger partial charge on any atom is -0.435 e. The van der Waals surface area contributed by atoms with E-state index < -0.39 is 6.61 Å². The number of hydrogen-bond donors (Lipinski definition) is 1. The molecule has 4 heteroatoms. The molecule has 0 radical (unpaired) electrons. The fourth-order valence-electron chi connectivity index (χ4n) is 2.44. The van der Waals surface area contributed by atoms with Gasteiger partial charge in [0.05, 0.1) is 0 Å². The lowest BCUT2D eigenvalue weighted by Crippen LogP contribution is -2.38. The van der Waals surface area contributed by atoms with Crippen molar-refractivity contribution in [3.8, 4) is 5.75 Å². The number of hydrogen-bond acceptors (Lipinski definition) is 2. The Balaban J connectivity index is 2.11. The molecule has 17 heavy (non-hydrogen) atoms. The third-order valence-corrected chi connectivity index (χ3v) is 3.40. The molecule has 0 heterocycles. The van der Waals surface area contributed by atoms with Crippen LogP contribution in [-0.4, -0.2) is 6.61 Å². The van der Waals surface area contributed by atoms with E-state index in [0.29, 0.717) is 0 Å². The van der Waals surface area contributed by atoms with E-state index in [1.54, 1.807) is 24.3 Å². The van der Waals surface area contributed by atoms with Crippen molar-refractivity contribution >= 4 is 0 Å². The second-order valence-corrected chi connectivity index (χ2v) is 4.62. The molecule has 1 saturated carbocycles. The second-order valence-electron chi connectivity index (χ2n) is 4.62. The Morgan fingerprint density at radius 2 is 1.65 bits per heavy atom. The molecule has 0 atom stereocenters. The average Bonchev–Trinajstić information content (AvgIpc) is 2.30. The van der Waals surface area contributed by atoms with E-state index in [1.165, 1.54) is 6.42 Å². The molecule has 0 aromatic heterocycles. The topological polar surface area (TPSA) is 35.2 Å². The van der Waals surface area contributed by atoms with Crippen LogP contribution in [0.2, 0.25) is 0 Å². The van der Waals surface area contributed by atoms with Crippen molar-refractivity contribution < 1.29 is 13.5 Å². The van der Waals surface area contributed by atoms with Gasteiger partial charge < -0.3 is 10.5 Å². The fraction of sp³-hybridized carbons (Fsp3) is 0.538. The maximum Gasteiger partial charge on any atom is 0.387 e. The van der Waals surface area contributed by atoms with Crippen molar-refractivity contribution in [2.24, 2.45) is 5.73 Å². The number of nitrogens with two attached hydrogens (primary N) is 1. The molecule has 2 N–H and O–H groups in total. The maximum absolute atomic E-state index is 12.0. The third kappa shape index (κ3) is 2.94. The normalized spacial score (nSPS) is 19.3. The summed E-state index contributed by atoms with van der Waals surface area (Å²) < 4.78 is 28.3. The van der Waals surface area contributed by atoms with Gasteiger partial charge >= 0.3 is 6.61 Å². The first kappa shape index (κ1) is 12.3. The highest BCUT2D eigenvalue weighted by Crippen LogP contribution is 2.35. The summed E-state index contributed by atoms with van der Waals surface area (Å²) in [5.41, 5.74) is 7.07. The molecular formula is C13H17F2NO. The van der Waals surface area contributed by atoms with Crippen LogP contribution in [0.15, 0.2) is 24.3 Å². The van der Waals surface area contributed by atoms with Crippen LogP contribution in [0.4, 0.5) is 8.78 Å². The molecule has 2 nitrogen and oxygen atoms in total. The second kappa shape index (κ2) is 5.00. The Hall–Kier alpha value is -1.16. The summed E-state index contributed by atoms with van der Waals surface area (Å²) in [5.74, 6) is 0.183. The van der Waals surface area contributed by atoms with Gasteiger partial charge in [0.25, 0.3) is 0 Å². The number of benzene rings is 1. The van der Waals surface area contributed by atoms with Gasteiger partial charge in [-0.1, -0.05) is 31.4 Å². The van der Waals surface area contributed by atoms with Gasteiger partial charge in [-0.2, -0.15) is 8.78 Å². The van der Waals surface area contributed by atoms with E-state index in [2.05, 4.69) is 4.74 Å². The molecule has 0 spiro atoms. The minimum atomic E-state index is -2.78. The first-order valence-corrected chi connectivity index (χ1v) is 5.94. The predicted octanol–water partition coefficient (Wildman–Crippen LogP) is 3.41. The fourth-order valence-corrected chi connectivity index (χ4v) is 2.44. The van der Waals surface area contributed by atoms with Crippen molar-refractivity contribution in [3.63, 3.8) is 0 Å². The Bertz CT molecular complexity index is 358. The predicted molar refractivity (Wildman–Crippen MR) is 62.0 cm³/mol. The van der Waals surface area contributed by atoms with Gasteiger partial charge in [0.1, 0.15) is 5.75 Å². The van der Waals surface area contributed by atoms with Gasteiger partial charge in [-0.15, -0.1) is 0 Å². The van der Waals surface area contributed by atoms with E-state index in [-0.39, 0.29) is 11.3 Å². The van der Waals surface area contributed by atoms with Crippen LogP contribution >= 0.6 is 0 Å². The molecule has 1 aromatic rings. The Morgan fingerprint density at radius 3 is 2.18 bits per heavy atom. The summed E-state index contributed by atoms with van der Waals surface area (Å²) in [4.78, 5) is 0. The smallest absolute Gasteiger partial charge is 0.387 e. The van der Waals surface area contributed by atoms with Crippen molar-refractivity contribution in [3.05, 3.63) is 29.8 Å². The average molecular weight is 241 g/mol. The lowest BCUT2D eigenvalue weighted by Gasteiger charge is -2.34. The zero-order chi connectivity index (χ0) is 12.3. The Labute approximate surface area is 99.8 Å². The number of rotatable bonds is 3. The summed E-state index contributed by atoms with van der Waals surface area (Å²) in [6.45, 7) is -2.78. The largest absolute Gasteiger partial charge is 0.435 e. The zero-order valence-corrected chi connectivity index (χ0v) is 9.66. The van der Waals surface area contributed by atoms with Gasteiger partial charge in [0, 0.05) is 5.54 Å². The van der Waals surface area contributed by atoms with Gasteiger partial charge in [-0.05, 0) is 30.5 Å². The molecule has 1 fully saturated rings. The SMILES string of the molecule is NC1(c2ccc(OC(F)F)cc2)CCCCC1. The lowest BCUT2D eigenvalue weighted by molar-refractivity contribution is -0.0498. The highest BCUT2D eigenvalue weighted by atomic mass is 19.3. The molecule has 0 bridgehead atoms. The van der Waals surface area contributed by atoms with Crippen LogP contribution < -0.4 is 10.5 Å². The van der Waals surface area contributed by atoms with Crippen LogP contribution in [0.5, 0.6) is 5.75 Å². The molecule has 0 unspecified atom stereocenters. The number of alkyl halides is 2. The molecule has 1 aliphatic rings. The van der Waals surface area contributed by atoms with Gasteiger partial charge in [0.15, 0.2) is 0 Å². The maximum atomic E-state index is 12.0. The van der Waals surface area contributed by atoms with Crippen LogP contribution in [0.3, 0.4) is 0 Å². The van der Waals surface area contributed by atoms with E-state index in [9.17, 15) is 8.78 Å². The van der Waals surface area contributed by atoms with Gasteiger partial charge in [-0.3, -0.25) is 0 Å². The molecule has 1 aliphatic carbocycles. The zero-order valence-electron chi connectivity index (χ0n) is 9.66. The van der Waals surface area contributed by atoms with E-state index in [1.807, 2.05) is 0 Å². The molecular weight excluding hydrogens is 224 g/mol. The molecule has 2 rings (SSSR count). The van der Waals surface area contributed by atoms with Crippen molar-refractivity contribution in [2.75, 3.05) is 0 Å². The molecule has 0 saturated heterocycles. The van der Waals surface area contributed by atoms with Crippen molar-refractivity contribution in [1.29, 1.82) is 0 Å². The monoisotopic (exact) mass is 241 g/mol. The minimum absolute atomic E-state index is 0.183. The number of halogens is 2.